The number of phenolic OH excluding ortho intramolecular Hbond substituents is 1. The van der Waals surface area contributed by atoms with Crippen molar-refractivity contribution in [3.05, 3.63) is 27.7 Å². The zero-order valence-corrected chi connectivity index (χ0v) is 7.55. The predicted octanol–water partition coefficient (Wildman–Crippen LogP) is 2.28. The monoisotopic (exact) mass is 214 g/mol. The van der Waals surface area contributed by atoms with Gasteiger partial charge in [0.05, 0.1) is 0 Å². The molecule has 0 radical (unpaired) electrons. The Labute approximate surface area is 73.0 Å². The van der Waals surface area contributed by atoms with Crippen LogP contribution in [0.25, 0.3) is 0 Å². The van der Waals surface area contributed by atoms with Gasteiger partial charge in [-0.05, 0) is 19.1 Å². The smallest absolute Gasteiger partial charge is 0.151 e. The third-order valence-electron chi connectivity index (χ3n) is 1.55. The fourth-order valence-electron chi connectivity index (χ4n) is 0.829. The molecule has 0 amide bonds. The lowest BCUT2D eigenvalue weighted by atomic mass is 10.1. The molecule has 2 nitrogen and oxygen atoms in total. The van der Waals surface area contributed by atoms with E-state index in [1.165, 1.54) is 0 Å². The number of halogens is 1. The quantitative estimate of drug-likeness (QED) is 0.729. The second-order valence-corrected chi connectivity index (χ2v) is 3.08. The molecule has 0 aromatic heterocycles. The van der Waals surface area contributed by atoms with Gasteiger partial charge in [0.2, 0.25) is 0 Å². The van der Waals surface area contributed by atoms with E-state index in [0.29, 0.717) is 15.6 Å². The summed E-state index contributed by atoms with van der Waals surface area (Å²) >= 11 is 3.20. The van der Waals surface area contributed by atoms with E-state index >= 15 is 0 Å². The lowest BCUT2D eigenvalue weighted by Gasteiger charge is -2.02. The standard InChI is InChI=1S/C8H7BrO2/c1-5-6(4-10)7(9)2-3-8(5)11/h2-4,11H,1H3. The van der Waals surface area contributed by atoms with E-state index in [9.17, 15) is 9.90 Å². The number of hydrogen-bond donors (Lipinski definition) is 1. The van der Waals surface area contributed by atoms with Crippen molar-refractivity contribution in [1.29, 1.82) is 0 Å². The molecule has 0 fully saturated rings. The Morgan fingerprint density at radius 1 is 1.55 bits per heavy atom. The van der Waals surface area contributed by atoms with Gasteiger partial charge in [0.1, 0.15) is 5.75 Å². The maximum Gasteiger partial charge on any atom is 0.151 e. The molecule has 0 aliphatic heterocycles. The van der Waals surface area contributed by atoms with Crippen molar-refractivity contribution in [2.75, 3.05) is 0 Å². The first-order chi connectivity index (χ1) is 5.16. The molecule has 58 valence electrons. The maximum atomic E-state index is 10.5. The molecule has 3 heteroatoms. The van der Waals surface area contributed by atoms with Crippen molar-refractivity contribution >= 4 is 22.2 Å². The molecule has 1 aromatic carbocycles. The summed E-state index contributed by atoms with van der Waals surface area (Å²) in [5.74, 6) is 0.148. The minimum Gasteiger partial charge on any atom is -0.508 e. The van der Waals surface area contributed by atoms with Gasteiger partial charge in [-0.25, -0.2) is 0 Å². The first-order valence-corrected chi connectivity index (χ1v) is 3.89. The second kappa shape index (κ2) is 3.05. The van der Waals surface area contributed by atoms with Crippen molar-refractivity contribution < 1.29 is 9.90 Å². The molecule has 0 heterocycles. The van der Waals surface area contributed by atoms with Gasteiger partial charge in [0.25, 0.3) is 0 Å². The summed E-state index contributed by atoms with van der Waals surface area (Å²) in [4.78, 5) is 10.5. The Morgan fingerprint density at radius 3 is 2.64 bits per heavy atom. The molecule has 0 saturated heterocycles. The largest absolute Gasteiger partial charge is 0.508 e. The minimum atomic E-state index is 0.148. The van der Waals surface area contributed by atoms with E-state index in [1.54, 1.807) is 19.1 Å². The first-order valence-electron chi connectivity index (χ1n) is 3.10. The molecule has 0 atom stereocenters. The minimum absolute atomic E-state index is 0.148. The lowest BCUT2D eigenvalue weighted by Crippen LogP contribution is -1.87. The number of rotatable bonds is 1. The summed E-state index contributed by atoms with van der Waals surface area (Å²) in [7, 11) is 0. The molecule has 0 saturated carbocycles. The third kappa shape index (κ3) is 1.43. The fourth-order valence-corrected chi connectivity index (χ4v) is 1.35. The highest BCUT2D eigenvalue weighted by Gasteiger charge is 2.05. The number of aldehydes is 1. The number of hydrogen-bond acceptors (Lipinski definition) is 2. The van der Waals surface area contributed by atoms with Gasteiger partial charge in [0.15, 0.2) is 6.29 Å². The molecule has 11 heavy (non-hydrogen) atoms. The van der Waals surface area contributed by atoms with Crippen molar-refractivity contribution in [2.24, 2.45) is 0 Å². The van der Waals surface area contributed by atoms with Crippen molar-refractivity contribution in [2.45, 2.75) is 6.92 Å². The maximum absolute atomic E-state index is 10.5. The summed E-state index contributed by atoms with van der Waals surface area (Å²) in [5, 5.41) is 9.18. The summed E-state index contributed by atoms with van der Waals surface area (Å²) in [6, 6.07) is 3.19. The highest BCUT2D eigenvalue weighted by Crippen LogP contribution is 2.25. The van der Waals surface area contributed by atoms with Gasteiger partial charge < -0.3 is 5.11 Å². The van der Waals surface area contributed by atoms with Gasteiger partial charge in [-0.2, -0.15) is 0 Å². The number of aromatic hydroxyl groups is 1. The zero-order valence-electron chi connectivity index (χ0n) is 5.97. The van der Waals surface area contributed by atoms with Crippen LogP contribution < -0.4 is 0 Å². The van der Waals surface area contributed by atoms with E-state index in [4.69, 9.17) is 0 Å². The second-order valence-electron chi connectivity index (χ2n) is 2.22. The first kappa shape index (κ1) is 8.27. The normalized spacial score (nSPS) is 9.64. The van der Waals surface area contributed by atoms with Crippen LogP contribution in [0.1, 0.15) is 15.9 Å². The van der Waals surface area contributed by atoms with Crippen molar-refractivity contribution in [3.8, 4) is 5.75 Å². The molecule has 0 aliphatic carbocycles. The van der Waals surface area contributed by atoms with Crippen LogP contribution in [0.4, 0.5) is 0 Å². The number of carbonyl (C=O) groups is 1. The Bertz CT molecular complexity index is 294. The van der Waals surface area contributed by atoms with Crippen LogP contribution in [-0.4, -0.2) is 11.4 Å². The fraction of sp³-hybridized carbons (Fsp3) is 0.125. The lowest BCUT2D eigenvalue weighted by molar-refractivity contribution is 0.112. The predicted molar refractivity (Wildman–Crippen MR) is 45.9 cm³/mol. The average Bonchev–Trinajstić information content (AvgIpc) is 1.99. The number of benzene rings is 1. The van der Waals surface area contributed by atoms with Gasteiger partial charge in [-0.15, -0.1) is 0 Å². The highest BCUT2D eigenvalue weighted by atomic mass is 79.9. The Balaban J connectivity index is 3.40. The van der Waals surface area contributed by atoms with Crippen molar-refractivity contribution in [1.82, 2.24) is 0 Å². The van der Waals surface area contributed by atoms with E-state index in [-0.39, 0.29) is 5.75 Å². The highest BCUT2D eigenvalue weighted by molar-refractivity contribution is 9.10. The van der Waals surface area contributed by atoms with Gasteiger partial charge >= 0.3 is 0 Å². The molecule has 0 spiro atoms. The van der Waals surface area contributed by atoms with Crippen LogP contribution >= 0.6 is 15.9 Å². The SMILES string of the molecule is Cc1c(O)ccc(Br)c1C=O. The van der Waals surface area contributed by atoms with Crippen LogP contribution in [0.2, 0.25) is 0 Å². The van der Waals surface area contributed by atoms with E-state index in [1.807, 2.05) is 0 Å². The average molecular weight is 215 g/mol. The summed E-state index contributed by atoms with van der Waals surface area (Å²) in [5.41, 5.74) is 1.11. The Hall–Kier alpha value is -0.830. The van der Waals surface area contributed by atoms with Crippen molar-refractivity contribution in [3.63, 3.8) is 0 Å². The topological polar surface area (TPSA) is 37.3 Å². The Kier molecular flexibility index (Phi) is 2.29. The summed E-state index contributed by atoms with van der Waals surface area (Å²) < 4.78 is 0.711. The summed E-state index contributed by atoms with van der Waals surface area (Å²) in [6.45, 7) is 1.70. The molecule has 1 N–H and O–H groups in total. The molecule has 1 rings (SSSR count). The molecule has 0 aliphatic rings. The van der Waals surface area contributed by atoms with E-state index < -0.39 is 0 Å². The molecular weight excluding hydrogens is 208 g/mol. The number of carbonyl (C=O) groups excluding carboxylic acids is 1. The van der Waals surface area contributed by atoms with E-state index in [2.05, 4.69) is 15.9 Å². The number of phenols is 1. The molecular formula is C8H7BrO2. The van der Waals surface area contributed by atoms with Crippen LogP contribution in [0.15, 0.2) is 16.6 Å². The van der Waals surface area contributed by atoms with Crippen LogP contribution in [0.3, 0.4) is 0 Å². The summed E-state index contributed by atoms with van der Waals surface area (Å²) in [6.07, 6.45) is 0.721. The van der Waals surface area contributed by atoms with E-state index in [0.717, 1.165) is 6.29 Å². The zero-order chi connectivity index (χ0) is 8.43. The Morgan fingerprint density at radius 2 is 2.18 bits per heavy atom. The van der Waals surface area contributed by atoms with Crippen LogP contribution in [0, 0.1) is 6.92 Å². The third-order valence-corrected chi connectivity index (χ3v) is 2.24. The van der Waals surface area contributed by atoms with Gasteiger partial charge in [-0.1, -0.05) is 15.9 Å². The van der Waals surface area contributed by atoms with Gasteiger partial charge in [-0.3, -0.25) is 4.79 Å². The molecule has 0 bridgehead atoms. The van der Waals surface area contributed by atoms with Gasteiger partial charge in [0, 0.05) is 15.6 Å². The van der Waals surface area contributed by atoms with Crippen LogP contribution in [0.5, 0.6) is 5.75 Å². The molecule has 0 unspecified atom stereocenters. The molecule has 1 aromatic rings. The van der Waals surface area contributed by atoms with Crippen LogP contribution in [-0.2, 0) is 0 Å².